The lowest BCUT2D eigenvalue weighted by Crippen LogP contribution is -2.12. The maximum absolute atomic E-state index is 11.1. The molecule has 1 heterocycles. The molecule has 2 N–H and O–H groups in total. The van der Waals surface area contributed by atoms with Crippen LogP contribution in [0, 0.1) is 5.92 Å². The lowest BCUT2D eigenvalue weighted by Gasteiger charge is -2.12. The molecule has 6 heteroatoms. The first-order chi connectivity index (χ1) is 9.97. The fraction of sp³-hybridized carbons (Fsp3) is 0.333. The summed E-state index contributed by atoms with van der Waals surface area (Å²) in [6.45, 7) is 5.70. The van der Waals surface area contributed by atoms with E-state index in [1.807, 2.05) is 10.7 Å². The number of carboxylic acids is 1. The number of halogens is 1. The Morgan fingerprint density at radius 3 is 2.86 bits per heavy atom. The number of hydrogen-bond donors (Lipinski definition) is 2. The standard InChI is InChI=1S/C15H18ClN3O2/c1-10(2)9-19-12(5-6-18-19)8-17-11-3-4-14(16)13(7-11)15(20)21/h3-7,10,17H,8-9H2,1-2H3,(H,20,21). The van der Waals surface area contributed by atoms with Crippen LogP contribution < -0.4 is 5.32 Å². The summed E-state index contributed by atoms with van der Waals surface area (Å²) < 4.78 is 1.95. The van der Waals surface area contributed by atoms with Crippen LogP contribution in [0.25, 0.3) is 0 Å². The Kier molecular flexibility index (Phi) is 4.85. The molecule has 0 aliphatic rings. The van der Waals surface area contributed by atoms with Gasteiger partial charge in [0.1, 0.15) is 0 Å². The smallest absolute Gasteiger partial charge is 0.337 e. The number of nitrogens with one attached hydrogen (secondary N) is 1. The molecule has 1 aromatic heterocycles. The third-order valence-electron chi connectivity index (χ3n) is 3.01. The van der Waals surface area contributed by atoms with Gasteiger partial charge in [0.2, 0.25) is 0 Å². The minimum absolute atomic E-state index is 0.0948. The molecular weight excluding hydrogens is 290 g/mol. The van der Waals surface area contributed by atoms with Crippen molar-refractivity contribution in [2.24, 2.45) is 5.92 Å². The maximum Gasteiger partial charge on any atom is 0.337 e. The molecule has 0 bridgehead atoms. The van der Waals surface area contributed by atoms with Crippen LogP contribution >= 0.6 is 11.6 Å². The average Bonchev–Trinajstić information content (AvgIpc) is 2.84. The van der Waals surface area contributed by atoms with Crippen molar-refractivity contribution >= 4 is 23.3 Å². The van der Waals surface area contributed by atoms with Gasteiger partial charge < -0.3 is 10.4 Å². The number of nitrogens with zero attached hydrogens (tertiary/aromatic N) is 2. The zero-order valence-electron chi connectivity index (χ0n) is 12.0. The van der Waals surface area contributed by atoms with E-state index in [9.17, 15) is 4.79 Å². The molecule has 0 aliphatic heterocycles. The molecule has 0 saturated heterocycles. The summed E-state index contributed by atoms with van der Waals surface area (Å²) in [7, 11) is 0. The van der Waals surface area contributed by atoms with E-state index in [2.05, 4.69) is 24.3 Å². The van der Waals surface area contributed by atoms with Crippen LogP contribution in [0.5, 0.6) is 0 Å². The zero-order valence-corrected chi connectivity index (χ0v) is 12.8. The van der Waals surface area contributed by atoms with Crippen molar-refractivity contribution in [2.45, 2.75) is 26.9 Å². The second kappa shape index (κ2) is 6.63. The largest absolute Gasteiger partial charge is 0.478 e. The quantitative estimate of drug-likeness (QED) is 0.857. The van der Waals surface area contributed by atoms with Gasteiger partial charge in [-0.25, -0.2) is 4.79 Å². The van der Waals surface area contributed by atoms with E-state index in [1.54, 1.807) is 18.3 Å². The number of aromatic carboxylic acids is 1. The highest BCUT2D eigenvalue weighted by atomic mass is 35.5. The van der Waals surface area contributed by atoms with Gasteiger partial charge in [-0.1, -0.05) is 25.4 Å². The summed E-state index contributed by atoms with van der Waals surface area (Å²) in [6, 6.07) is 6.83. The van der Waals surface area contributed by atoms with E-state index in [0.717, 1.165) is 12.2 Å². The monoisotopic (exact) mass is 307 g/mol. The summed E-state index contributed by atoms with van der Waals surface area (Å²) >= 11 is 5.85. The minimum atomic E-state index is -1.03. The van der Waals surface area contributed by atoms with E-state index < -0.39 is 5.97 Å². The van der Waals surface area contributed by atoms with E-state index in [1.165, 1.54) is 6.07 Å². The van der Waals surface area contributed by atoms with Gasteiger partial charge >= 0.3 is 5.97 Å². The number of carbonyl (C=O) groups is 1. The van der Waals surface area contributed by atoms with E-state index >= 15 is 0 Å². The van der Waals surface area contributed by atoms with Crippen LogP contribution in [-0.2, 0) is 13.1 Å². The second-order valence-electron chi connectivity index (χ2n) is 5.25. The highest BCUT2D eigenvalue weighted by molar-refractivity contribution is 6.33. The van der Waals surface area contributed by atoms with Crippen molar-refractivity contribution in [1.82, 2.24) is 9.78 Å². The molecule has 112 valence electrons. The Hall–Kier alpha value is -2.01. The molecule has 0 saturated carbocycles. The molecule has 0 spiro atoms. The van der Waals surface area contributed by atoms with Gasteiger partial charge in [-0.3, -0.25) is 4.68 Å². The molecule has 0 aliphatic carbocycles. The van der Waals surface area contributed by atoms with E-state index in [4.69, 9.17) is 16.7 Å². The normalized spacial score (nSPS) is 10.9. The third kappa shape index (κ3) is 3.98. The van der Waals surface area contributed by atoms with Gasteiger partial charge in [0.15, 0.2) is 0 Å². The number of aromatic nitrogens is 2. The number of anilines is 1. The first-order valence-electron chi connectivity index (χ1n) is 6.74. The van der Waals surface area contributed by atoms with Crippen LogP contribution in [0.1, 0.15) is 29.9 Å². The lowest BCUT2D eigenvalue weighted by molar-refractivity contribution is 0.0697. The number of rotatable bonds is 6. The second-order valence-corrected chi connectivity index (χ2v) is 5.66. The number of carboxylic acid groups (broad SMARTS) is 1. The first-order valence-corrected chi connectivity index (χ1v) is 7.12. The molecule has 0 radical (unpaired) electrons. The molecule has 2 aromatic rings. The SMILES string of the molecule is CC(C)Cn1nccc1CNc1ccc(Cl)c(C(=O)O)c1. The Morgan fingerprint density at radius 1 is 1.43 bits per heavy atom. The van der Waals surface area contributed by atoms with Gasteiger partial charge in [0.05, 0.1) is 22.8 Å². The van der Waals surface area contributed by atoms with Crippen molar-refractivity contribution in [3.05, 3.63) is 46.7 Å². The fourth-order valence-electron chi connectivity index (χ4n) is 2.01. The molecule has 0 amide bonds. The molecule has 1 aromatic carbocycles. The lowest BCUT2D eigenvalue weighted by atomic mass is 10.2. The van der Waals surface area contributed by atoms with Crippen molar-refractivity contribution in [2.75, 3.05) is 5.32 Å². The van der Waals surface area contributed by atoms with Gasteiger partial charge in [-0.2, -0.15) is 5.10 Å². The minimum Gasteiger partial charge on any atom is -0.478 e. The molecule has 5 nitrogen and oxygen atoms in total. The van der Waals surface area contributed by atoms with Gasteiger partial charge in [0, 0.05) is 18.4 Å². The van der Waals surface area contributed by atoms with Crippen LogP contribution in [0.2, 0.25) is 5.02 Å². The van der Waals surface area contributed by atoms with E-state index in [0.29, 0.717) is 18.2 Å². The van der Waals surface area contributed by atoms with Crippen LogP contribution in [0.15, 0.2) is 30.5 Å². The third-order valence-corrected chi connectivity index (χ3v) is 3.34. The van der Waals surface area contributed by atoms with Crippen LogP contribution in [0.3, 0.4) is 0 Å². The average molecular weight is 308 g/mol. The fourth-order valence-corrected chi connectivity index (χ4v) is 2.21. The molecule has 0 fully saturated rings. The highest BCUT2D eigenvalue weighted by Crippen LogP contribution is 2.21. The summed E-state index contributed by atoms with van der Waals surface area (Å²) in [5.41, 5.74) is 1.86. The first kappa shape index (κ1) is 15.4. The van der Waals surface area contributed by atoms with Crippen LogP contribution in [0.4, 0.5) is 5.69 Å². The summed E-state index contributed by atoms with van der Waals surface area (Å²) in [5.74, 6) is -0.522. The topological polar surface area (TPSA) is 67.2 Å². The summed E-state index contributed by atoms with van der Waals surface area (Å²) in [6.07, 6.45) is 1.77. The summed E-state index contributed by atoms with van der Waals surface area (Å²) in [5, 5.41) is 16.8. The van der Waals surface area contributed by atoms with Crippen molar-refractivity contribution < 1.29 is 9.90 Å². The predicted octanol–water partition coefficient (Wildman–Crippen LogP) is 3.50. The highest BCUT2D eigenvalue weighted by Gasteiger charge is 2.10. The Morgan fingerprint density at radius 2 is 2.19 bits per heavy atom. The Bertz CT molecular complexity index is 638. The Balaban J connectivity index is 2.08. The van der Waals surface area contributed by atoms with Crippen molar-refractivity contribution in [3.8, 4) is 0 Å². The van der Waals surface area contributed by atoms with Crippen LogP contribution in [-0.4, -0.2) is 20.9 Å². The van der Waals surface area contributed by atoms with Crippen molar-refractivity contribution in [1.29, 1.82) is 0 Å². The number of hydrogen-bond acceptors (Lipinski definition) is 3. The number of benzene rings is 1. The molecule has 2 rings (SSSR count). The molecule has 0 atom stereocenters. The zero-order chi connectivity index (χ0) is 15.4. The molecule has 21 heavy (non-hydrogen) atoms. The van der Waals surface area contributed by atoms with Gasteiger partial charge in [-0.15, -0.1) is 0 Å². The van der Waals surface area contributed by atoms with Gasteiger partial charge in [-0.05, 0) is 30.2 Å². The maximum atomic E-state index is 11.1. The molecular formula is C15H18ClN3O2. The van der Waals surface area contributed by atoms with Gasteiger partial charge in [0.25, 0.3) is 0 Å². The summed E-state index contributed by atoms with van der Waals surface area (Å²) in [4.78, 5) is 11.1. The predicted molar refractivity (Wildman–Crippen MR) is 82.8 cm³/mol. The van der Waals surface area contributed by atoms with E-state index in [-0.39, 0.29) is 10.6 Å². The van der Waals surface area contributed by atoms with Crippen molar-refractivity contribution in [3.63, 3.8) is 0 Å². The Labute approximate surface area is 128 Å². The molecule has 0 unspecified atom stereocenters.